The quantitative estimate of drug-likeness (QED) is 0.609. The second-order valence-electron chi connectivity index (χ2n) is 5.17. The fraction of sp³-hybridized carbons (Fsp3) is 0.0588. The molecule has 0 aliphatic carbocycles. The maximum atomic E-state index is 13.1. The molecule has 0 N–H and O–H groups in total. The summed E-state index contributed by atoms with van der Waals surface area (Å²) < 4.78 is 27.5. The zero-order valence-corrected chi connectivity index (χ0v) is 15.2. The van der Waals surface area contributed by atoms with E-state index < -0.39 is 10.0 Å². The molecule has 1 aromatic carbocycles. The van der Waals surface area contributed by atoms with E-state index in [4.69, 9.17) is 23.2 Å². The number of rotatable bonds is 5. The van der Waals surface area contributed by atoms with E-state index in [9.17, 15) is 8.42 Å². The van der Waals surface area contributed by atoms with Crippen molar-refractivity contribution in [1.82, 2.24) is 9.97 Å². The van der Waals surface area contributed by atoms with Gasteiger partial charge < -0.3 is 0 Å². The van der Waals surface area contributed by atoms with Gasteiger partial charge in [0, 0.05) is 23.6 Å². The van der Waals surface area contributed by atoms with Gasteiger partial charge in [0.05, 0.1) is 12.2 Å². The van der Waals surface area contributed by atoms with Crippen LogP contribution in [-0.2, 0) is 16.6 Å². The second kappa shape index (κ2) is 7.39. The van der Waals surface area contributed by atoms with Crippen molar-refractivity contribution in [2.45, 2.75) is 11.4 Å². The Morgan fingerprint density at radius 3 is 2.32 bits per heavy atom. The van der Waals surface area contributed by atoms with Gasteiger partial charge in [0.2, 0.25) is 0 Å². The van der Waals surface area contributed by atoms with Crippen LogP contribution in [-0.4, -0.2) is 18.4 Å². The van der Waals surface area contributed by atoms with Crippen LogP contribution in [0.15, 0.2) is 72.0 Å². The molecule has 0 spiro atoms. The Bertz CT molecular complexity index is 947. The van der Waals surface area contributed by atoms with Gasteiger partial charge in [0.15, 0.2) is 0 Å². The zero-order chi connectivity index (χ0) is 17.9. The van der Waals surface area contributed by atoms with Crippen LogP contribution in [0, 0.1) is 0 Å². The molecule has 2 aromatic heterocycles. The van der Waals surface area contributed by atoms with Crippen LogP contribution in [0.1, 0.15) is 5.56 Å². The van der Waals surface area contributed by atoms with Crippen molar-refractivity contribution in [3.8, 4) is 0 Å². The number of nitrogens with zero attached hydrogens (tertiary/aromatic N) is 3. The lowest BCUT2D eigenvalue weighted by atomic mass is 10.2. The fourth-order valence-electron chi connectivity index (χ4n) is 2.22. The topological polar surface area (TPSA) is 63.2 Å². The predicted octanol–water partition coefficient (Wildman–Crippen LogP) is 4.18. The number of anilines is 1. The van der Waals surface area contributed by atoms with E-state index >= 15 is 0 Å². The van der Waals surface area contributed by atoms with Gasteiger partial charge in [0.25, 0.3) is 10.0 Å². The first-order chi connectivity index (χ1) is 12.0. The lowest BCUT2D eigenvalue weighted by Gasteiger charge is -2.24. The average Bonchev–Trinajstić information content (AvgIpc) is 2.62. The molecule has 0 aliphatic rings. The summed E-state index contributed by atoms with van der Waals surface area (Å²) in [5, 5.41) is 0.750. The Kier molecular flexibility index (Phi) is 5.22. The summed E-state index contributed by atoms with van der Waals surface area (Å²) in [6.45, 7) is 0.125. The molecule has 0 saturated heterocycles. The van der Waals surface area contributed by atoms with Gasteiger partial charge in [-0.25, -0.2) is 13.4 Å². The number of hydrogen-bond acceptors (Lipinski definition) is 4. The van der Waals surface area contributed by atoms with Crippen molar-refractivity contribution in [3.05, 3.63) is 82.9 Å². The van der Waals surface area contributed by atoms with Crippen LogP contribution in [0.3, 0.4) is 0 Å². The SMILES string of the molecule is O=S(=O)(c1ccc(Cl)nc1)N(Cc1cccnc1)c1ccc(Cl)cc1. The molecule has 0 amide bonds. The number of benzene rings is 1. The Labute approximate surface area is 155 Å². The predicted molar refractivity (Wildman–Crippen MR) is 98.3 cm³/mol. The first-order valence-electron chi connectivity index (χ1n) is 7.25. The van der Waals surface area contributed by atoms with E-state index in [1.54, 1.807) is 42.7 Å². The van der Waals surface area contributed by atoms with Crippen LogP contribution in [0.2, 0.25) is 10.2 Å². The molecule has 0 bridgehead atoms. The number of aromatic nitrogens is 2. The van der Waals surface area contributed by atoms with Crippen molar-refractivity contribution >= 4 is 38.9 Å². The van der Waals surface area contributed by atoms with Crippen molar-refractivity contribution in [1.29, 1.82) is 0 Å². The number of halogens is 2. The largest absolute Gasteiger partial charge is 0.266 e. The van der Waals surface area contributed by atoms with E-state index in [1.807, 2.05) is 6.07 Å². The van der Waals surface area contributed by atoms with Gasteiger partial charge in [-0.05, 0) is 48.0 Å². The third-order valence-corrected chi connectivity index (χ3v) is 5.68. The lowest BCUT2D eigenvalue weighted by molar-refractivity contribution is 0.590. The highest BCUT2D eigenvalue weighted by atomic mass is 35.5. The standard InChI is InChI=1S/C17H13Cl2N3O2S/c18-14-3-5-15(6-4-14)22(12-13-2-1-9-20-10-13)25(23,24)16-7-8-17(19)21-11-16/h1-11H,12H2. The van der Waals surface area contributed by atoms with Crippen molar-refractivity contribution in [3.63, 3.8) is 0 Å². The molecule has 0 atom stereocenters. The maximum absolute atomic E-state index is 13.1. The van der Waals surface area contributed by atoms with Crippen LogP contribution in [0.4, 0.5) is 5.69 Å². The molecule has 0 unspecified atom stereocenters. The summed E-state index contributed by atoms with van der Waals surface area (Å²) in [5.74, 6) is 0. The molecule has 0 radical (unpaired) electrons. The monoisotopic (exact) mass is 393 g/mol. The van der Waals surface area contributed by atoms with E-state index in [0.29, 0.717) is 10.7 Å². The summed E-state index contributed by atoms with van der Waals surface area (Å²) >= 11 is 11.7. The fourth-order valence-corrected chi connectivity index (χ4v) is 3.86. The minimum atomic E-state index is -3.84. The molecule has 25 heavy (non-hydrogen) atoms. The number of sulfonamides is 1. The molecule has 0 aliphatic heterocycles. The molecule has 0 saturated carbocycles. The van der Waals surface area contributed by atoms with Crippen LogP contribution in [0.25, 0.3) is 0 Å². The minimum Gasteiger partial charge on any atom is -0.264 e. The third kappa shape index (κ3) is 4.10. The summed E-state index contributed by atoms with van der Waals surface area (Å²) in [6, 6.07) is 13.0. The Morgan fingerprint density at radius 2 is 1.72 bits per heavy atom. The Hall–Kier alpha value is -2.15. The summed E-state index contributed by atoms with van der Waals surface area (Å²) in [7, 11) is -3.84. The molecule has 128 valence electrons. The molecule has 3 rings (SSSR count). The van der Waals surface area contributed by atoms with Gasteiger partial charge in [-0.2, -0.15) is 0 Å². The first-order valence-corrected chi connectivity index (χ1v) is 9.45. The van der Waals surface area contributed by atoms with E-state index in [0.717, 1.165) is 5.56 Å². The highest BCUT2D eigenvalue weighted by Gasteiger charge is 2.25. The van der Waals surface area contributed by atoms with Crippen molar-refractivity contribution in [2.75, 3.05) is 4.31 Å². The Morgan fingerprint density at radius 1 is 0.960 bits per heavy atom. The zero-order valence-electron chi connectivity index (χ0n) is 12.9. The van der Waals surface area contributed by atoms with E-state index in [2.05, 4.69) is 9.97 Å². The van der Waals surface area contributed by atoms with Gasteiger partial charge in [-0.15, -0.1) is 0 Å². The molecule has 8 heteroatoms. The number of hydrogen-bond donors (Lipinski definition) is 0. The van der Waals surface area contributed by atoms with Crippen molar-refractivity contribution < 1.29 is 8.42 Å². The van der Waals surface area contributed by atoms with Crippen LogP contribution in [0.5, 0.6) is 0 Å². The highest BCUT2D eigenvalue weighted by Crippen LogP contribution is 2.27. The summed E-state index contributed by atoms with van der Waals surface area (Å²) in [6.07, 6.45) is 4.50. The Balaban J connectivity index is 2.06. The molecular formula is C17H13Cl2N3O2S. The molecular weight excluding hydrogens is 381 g/mol. The summed E-state index contributed by atoms with van der Waals surface area (Å²) in [5.41, 5.74) is 1.24. The van der Waals surface area contributed by atoms with Gasteiger partial charge in [0.1, 0.15) is 10.0 Å². The number of pyridine rings is 2. The van der Waals surface area contributed by atoms with E-state index in [1.165, 1.54) is 22.6 Å². The van der Waals surface area contributed by atoms with Crippen LogP contribution >= 0.6 is 23.2 Å². The maximum Gasteiger partial charge on any atom is 0.266 e. The van der Waals surface area contributed by atoms with E-state index in [-0.39, 0.29) is 16.6 Å². The second-order valence-corrected chi connectivity index (χ2v) is 7.85. The third-order valence-electron chi connectivity index (χ3n) is 3.45. The molecule has 2 heterocycles. The first kappa shape index (κ1) is 17.7. The van der Waals surface area contributed by atoms with Crippen LogP contribution < -0.4 is 4.31 Å². The molecule has 5 nitrogen and oxygen atoms in total. The smallest absolute Gasteiger partial charge is 0.264 e. The van der Waals surface area contributed by atoms with Gasteiger partial charge in [-0.1, -0.05) is 29.3 Å². The summed E-state index contributed by atoms with van der Waals surface area (Å²) in [4.78, 5) is 7.96. The lowest BCUT2D eigenvalue weighted by Crippen LogP contribution is -2.30. The molecule has 3 aromatic rings. The van der Waals surface area contributed by atoms with Gasteiger partial charge in [-0.3, -0.25) is 9.29 Å². The molecule has 0 fully saturated rings. The van der Waals surface area contributed by atoms with Gasteiger partial charge >= 0.3 is 0 Å². The van der Waals surface area contributed by atoms with Crippen molar-refractivity contribution in [2.24, 2.45) is 0 Å². The normalized spacial score (nSPS) is 11.3. The average molecular weight is 394 g/mol. The minimum absolute atomic E-state index is 0.0516. The highest BCUT2D eigenvalue weighted by molar-refractivity contribution is 7.92.